The molecule has 4 rings (SSSR count). The normalized spacial score (nSPS) is 12.6. The summed E-state index contributed by atoms with van der Waals surface area (Å²) in [6.07, 6.45) is 5.13. The lowest BCUT2D eigenvalue weighted by molar-refractivity contribution is -0.113. The van der Waals surface area contributed by atoms with Crippen LogP contribution < -0.4 is 14.8 Å². The zero-order valence-corrected chi connectivity index (χ0v) is 14.3. The first-order chi connectivity index (χ1) is 12.8. The van der Waals surface area contributed by atoms with E-state index < -0.39 is 0 Å². The maximum absolute atomic E-state index is 12.1. The molecule has 0 radical (unpaired) electrons. The van der Waals surface area contributed by atoms with Crippen molar-refractivity contribution in [3.63, 3.8) is 0 Å². The van der Waals surface area contributed by atoms with Crippen LogP contribution in [-0.4, -0.2) is 33.6 Å². The zero-order chi connectivity index (χ0) is 17.8. The number of aromatic nitrogens is 3. The van der Waals surface area contributed by atoms with Crippen LogP contribution in [0.15, 0.2) is 46.2 Å². The Morgan fingerprint density at radius 1 is 1.27 bits per heavy atom. The van der Waals surface area contributed by atoms with E-state index in [0.717, 1.165) is 5.76 Å². The van der Waals surface area contributed by atoms with Crippen LogP contribution >= 0.6 is 11.8 Å². The lowest BCUT2D eigenvalue weighted by Crippen LogP contribution is -2.14. The van der Waals surface area contributed by atoms with E-state index in [9.17, 15) is 4.79 Å². The van der Waals surface area contributed by atoms with Crippen molar-refractivity contribution in [2.45, 2.75) is 5.16 Å². The Balaban J connectivity index is 1.29. The van der Waals surface area contributed by atoms with Crippen LogP contribution in [0.3, 0.4) is 0 Å². The minimum atomic E-state index is -0.161. The number of fused-ring (bicyclic) bond motifs is 1. The van der Waals surface area contributed by atoms with Gasteiger partial charge in [0.05, 0.1) is 12.0 Å². The first-order valence-corrected chi connectivity index (χ1v) is 8.71. The molecule has 2 aromatic heterocycles. The maximum Gasteiger partial charge on any atom is 0.234 e. The van der Waals surface area contributed by atoms with E-state index in [0.29, 0.717) is 28.2 Å². The molecule has 0 aliphatic carbocycles. The number of amides is 1. The number of H-pyrrole nitrogens is 1. The lowest BCUT2D eigenvalue weighted by Gasteiger charge is -2.05. The number of rotatable bonds is 6. The number of carbonyl (C=O) groups excluding carboxylic acids is 1. The molecule has 1 aliphatic rings. The van der Waals surface area contributed by atoms with E-state index in [2.05, 4.69) is 20.5 Å². The molecule has 26 heavy (non-hydrogen) atoms. The van der Waals surface area contributed by atoms with Crippen molar-refractivity contribution in [3.8, 4) is 11.5 Å². The average Bonchev–Trinajstić information content (AvgIpc) is 3.38. The number of benzene rings is 1. The molecule has 2 N–H and O–H groups in total. The van der Waals surface area contributed by atoms with E-state index in [1.54, 1.807) is 42.7 Å². The Kier molecular flexibility index (Phi) is 4.61. The summed E-state index contributed by atoms with van der Waals surface area (Å²) in [5.41, 5.74) is 0.650. The van der Waals surface area contributed by atoms with Crippen LogP contribution in [0.25, 0.3) is 12.2 Å². The van der Waals surface area contributed by atoms with Crippen molar-refractivity contribution >= 4 is 35.5 Å². The number of aromatic amines is 1. The standard InChI is InChI=1S/C17H14N4O4S/c22-16(18-11-3-5-13-14(8-11)25-10-24-13)9-26-17-19-15(20-21-17)6-4-12-2-1-7-23-12/h1-8H,9-10H2,(H,18,22)(H,19,20,21). The number of hydrogen-bond donors (Lipinski definition) is 2. The summed E-state index contributed by atoms with van der Waals surface area (Å²) in [5.74, 6) is 2.63. The highest BCUT2D eigenvalue weighted by molar-refractivity contribution is 7.99. The zero-order valence-electron chi connectivity index (χ0n) is 13.5. The maximum atomic E-state index is 12.1. The number of hydrogen-bond acceptors (Lipinski definition) is 7. The molecule has 0 bridgehead atoms. The van der Waals surface area contributed by atoms with Crippen molar-refractivity contribution in [2.24, 2.45) is 0 Å². The van der Waals surface area contributed by atoms with Crippen LogP contribution in [0.2, 0.25) is 0 Å². The van der Waals surface area contributed by atoms with Gasteiger partial charge in [-0.3, -0.25) is 9.89 Å². The van der Waals surface area contributed by atoms with Gasteiger partial charge in [-0.2, -0.15) is 0 Å². The molecule has 1 amide bonds. The minimum Gasteiger partial charge on any atom is -0.465 e. The Labute approximate surface area is 152 Å². The van der Waals surface area contributed by atoms with Gasteiger partial charge in [-0.05, 0) is 36.4 Å². The van der Waals surface area contributed by atoms with Crippen LogP contribution in [0.4, 0.5) is 5.69 Å². The predicted molar refractivity (Wildman–Crippen MR) is 95.9 cm³/mol. The molecule has 3 aromatic rings. The Hall–Kier alpha value is -3.20. The molecule has 132 valence electrons. The molecule has 0 unspecified atom stereocenters. The third kappa shape index (κ3) is 3.89. The van der Waals surface area contributed by atoms with Gasteiger partial charge < -0.3 is 19.2 Å². The van der Waals surface area contributed by atoms with Crippen molar-refractivity contribution < 1.29 is 18.7 Å². The molecule has 0 fully saturated rings. The summed E-state index contributed by atoms with van der Waals surface area (Å²) in [4.78, 5) is 16.4. The van der Waals surface area contributed by atoms with Gasteiger partial charge in [-0.15, -0.1) is 5.10 Å². The largest absolute Gasteiger partial charge is 0.465 e. The number of nitrogens with one attached hydrogen (secondary N) is 2. The monoisotopic (exact) mass is 370 g/mol. The molecule has 9 heteroatoms. The van der Waals surface area contributed by atoms with Gasteiger partial charge in [0.1, 0.15) is 11.6 Å². The number of carbonyl (C=O) groups is 1. The smallest absolute Gasteiger partial charge is 0.234 e. The molecular formula is C17H14N4O4S. The Morgan fingerprint density at radius 2 is 2.19 bits per heavy atom. The van der Waals surface area contributed by atoms with Gasteiger partial charge in [0, 0.05) is 11.8 Å². The summed E-state index contributed by atoms with van der Waals surface area (Å²) in [5, 5.41) is 10.2. The van der Waals surface area contributed by atoms with Gasteiger partial charge in [0.25, 0.3) is 0 Å². The summed E-state index contributed by atoms with van der Waals surface area (Å²) >= 11 is 1.24. The minimum absolute atomic E-state index is 0.161. The van der Waals surface area contributed by atoms with Crippen LogP contribution in [0, 0.1) is 0 Å². The summed E-state index contributed by atoms with van der Waals surface area (Å²) in [6, 6.07) is 8.90. The molecule has 1 aromatic carbocycles. The Bertz CT molecular complexity index is 936. The quantitative estimate of drug-likeness (QED) is 0.643. The third-order valence-corrected chi connectivity index (χ3v) is 4.27. The molecule has 8 nitrogen and oxygen atoms in total. The van der Waals surface area contributed by atoms with E-state index in [4.69, 9.17) is 13.9 Å². The van der Waals surface area contributed by atoms with E-state index in [1.165, 1.54) is 11.8 Å². The summed E-state index contributed by atoms with van der Waals surface area (Å²) in [6.45, 7) is 0.199. The van der Waals surface area contributed by atoms with Crippen molar-refractivity contribution in [1.82, 2.24) is 15.2 Å². The average molecular weight is 370 g/mol. The van der Waals surface area contributed by atoms with Gasteiger partial charge >= 0.3 is 0 Å². The van der Waals surface area contributed by atoms with E-state index in [-0.39, 0.29) is 18.5 Å². The van der Waals surface area contributed by atoms with Crippen LogP contribution in [0.1, 0.15) is 11.6 Å². The fourth-order valence-corrected chi connectivity index (χ4v) is 2.85. The lowest BCUT2D eigenvalue weighted by atomic mass is 10.3. The number of nitrogens with zero attached hydrogens (tertiary/aromatic N) is 2. The number of thioether (sulfide) groups is 1. The molecule has 0 atom stereocenters. The highest BCUT2D eigenvalue weighted by Crippen LogP contribution is 2.34. The second-order valence-corrected chi connectivity index (χ2v) is 6.20. The number of furan rings is 1. The topological polar surface area (TPSA) is 102 Å². The van der Waals surface area contributed by atoms with Gasteiger partial charge in [0.15, 0.2) is 11.5 Å². The van der Waals surface area contributed by atoms with Crippen LogP contribution in [-0.2, 0) is 4.79 Å². The highest BCUT2D eigenvalue weighted by atomic mass is 32.2. The third-order valence-electron chi connectivity index (χ3n) is 3.42. The summed E-state index contributed by atoms with van der Waals surface area (Å²) in [7, 11) is 0. The van der Waals surface area contributed by atoms with Crippen molar-refractivity contribution in [3.05, 3.63) is 48.2 Å². The fourth-order valence-electron chi connectivity index (χ4n) is 2.25. The summed E-state index contributed by atoms with van der Waals surface area (Å²) < 4.78 is 15.7. The Morgan fingerprint density at radius 3 is 3.08 bits per heavy atom. The van der Waals surface area contributed by atoms with Gasteiger partial charge in [-0.25, -0.2) is 4.98 Å². The molecule has 3 heterocycles. The molecule has 1 aliphatic heterocycles. The number of ether oxygens (including phenoxy) is 2. The first kappa shape index (κ1) is 16.3. The molecular weight excluding hydrogens is 356 g/mol. The second-order valence-electron chi connectivity index (χ2n) is 5.26. The van der Waals surface area contributed by atoms with E-state index in [1.807, 2.05) is 6.07 Å². The highest BCUT2D eigenvalue weighted by Gasteiger charge is 2.14. The first-order valence-electron chi connectivity index (χ1n) is 7.72. The van der Waals surface area contributed by atoms with Gasteiger partial charge in [0.2, 0.25) is 17.9 Å². The second kappa shape index (κ2) is 7.36. The van der Waals surface area contributed by atoms with E-state index >= 15 is 0 Å². The molecule has 0 saturated heterocycles. The number of anilines is 1. The van der Waals surface area contributed by atoms with Crippen LogP contribution in [0.5, 0.6) is 11.5 Å². The molecule has 0 spiro atoms. The van der Waals surface area contributed by atoms with Crippen molar-refractivity contribution in [1.29, 1.82) is 0 Å². The van der Waals surface area contributed by atoms with Gasteiger partial charge in [-0.1, -0.05) is 11.8 Å². The van der Waals surface area contributed by atoms with Crippen molar-refractivity contribution in [2.75, 3.05) is 17.9 Å². The SMILES string of the molecule is O=C(CSc1n[nH]c(C=Cc2ccco2)n1)Nc1ccc2c(c1)OCO2. The predicted octanol–water partition coefficient (Wildman–Crippen LogP) is 3.03. The fraction of sp³-hybridized carbons (Fsp3) is 0.118. The molecule has 0 saturated carbocycles.